The number of aliphatic imine (C=N–C) groups is 1. The summed E-state index contributed by atoms with van der Waals surface area (Å²) in [7, 11) is 0. The molecule has 0 heterocycles. The van der Waals surface area contributed by atoms with Crippen LogP contribution in [0.15, 0.2) is 23.2 Å². The van der Waals surface area contributed by atoms with Crippen molar-refractivity contribution in [3.63, 3.8) is 0 Å². The van der Waals surface area contributed by atoms with E-state index in [1.54, 1.807) is 0 Å². The predicted octanol–water partition coefficient (Wildman–Crippen LogP) is 3.67. The number of rotatable bonds is 2. The number of nitrogens with zero attached hydrogens (tertiary/aromatic N) is 1. The third-order valence-corrected chi connectivity index (χ3v) is 2.01. The van der Waals surface area contributed by atoms with Crippen LogP contribution in [0, 0.1) is 6.92 Å². The maximum atomic E-state index is 4.45. The summed E-state index contributed by atoms with van der Waals surface area (Å²) in [6.45, 7) is 8.32. The fraction of sp³-hybridized carbons (Fsp3) is 0.417. The molecule has 0 fully saturated rings. The van der Waals surface area contributed by atoms with Crippen molar-refractivity contribution in [2.45, 2.75) is 34.1 Å². The van der Waals surface area contributed by atoms with Crippen molar-refractivity contribution in [3.8, 4) is 0 Å². The fourth-order valence-corrected chi connectivity index (χ4v) is 1.30. The third-order valence-electron chi connectivity index (χ3n) is 2.01. The van der Waals surface area contributed by atoms with Crippen LogP contribution in [0.3, 0.4) is 0 Å². The third kappa shape index (κ3) is 2.69. The highest BCUT2D eigenvalue weighted by atomic mass is 14.7. The largest absolute Gasteiger partial charge is 0.258 e. The van der Waals surface area contributed by atoms with Crippen LogP contribution in [-0.4, -0.2) is 5.71 Å². The topological polar surface area (TPSA) is 12.4 Å². The van der Waals surface area contributed by atoms with Gasteiger partial charge in [-0.25, -0.2) is 0 Å². The smallest absolute Gasteiger partial charge is 0.0658 e. The molecule has 0 saturated carbocycles. The van der Waals surface area contributed by atoms with E-state index in [4.69, 9.17) is 0 Å². The van der Waals surface area contributed by atoms with Gasteiger partial charge in [-0.15, -0.1) is 0 Å². The highest BCUT2D eigenvalue weighted by Gasteiger charge is 1.96. The highest BCUT2D eigenvalue weighted by molar-refractivity contribution is 5.82. The Balaban J connectivity index is 3.05. The van der Waals surface area contributed by atoms with E-state index in [2.05, 4.69) is 37.0 Å². The first-order valence-corrected chi connectivity index (χ1v) is 4.75. The Hall–Kier alpha value is -1.11. The van der Waals surface area contributed by atoms with Crippen LogP contribution in [0.4, 0.5) is 5.69 Å². The second-order valence-electron chi connectivity index (χ2n) is 3.53. The maximum absolute atomic E-state index is 4.45. The van der Waals surface area contributed by atoms with Gasteiger partial charge in [0.15, 0.2) is 0 Å². The van der Waals surface area contributed by atoms with E-state index < -0.39 is 0 Å². The molecule has 0 spiro atoms. The van der Waals surface area contributed by atoms with Crippen molar-refractivity contribution >= 4 is 11.4 Å². The molecule has 1 heteroatoms. The van der Waals surface area contributed by atoms with E-state index in [-0.39, 0.29) is 0 Å². The Morgan fingerprint density at radius 2 is 2.00 bits per heavy atom. The minimum Gasteiger partial charge on any atom is -0.258 e. The van der Waals surface area contributed by atoms with Gasteiger partial charge in [0, 0.05) is 5.71 Å². The molecule has 0 aromatic heterocycles. The average molecular weight is 175 g/mol. The minimum atomic E-state index is 1.09. The quantitative estimate of drug-likeness (QED) is 0.608. The summed E-state index contributed by atoms with van der Waals surface area (Å²) >= 11 is 0. The zero-order valence-electron chi connectivity index (χ0n) is 8.89. The first-order chi connectivity index (χ1) is 6.13. The molecule has 0 radical (unpaired) electrons. The predicted molar refractivity (Wildman–Crippen MR) is 59.0 cm³/mol. The molecule has 0 aliphatic carbocycles. The van der Waals surface area contributed by atoms with Gasteiger partial charge in [0.05, 0.1) is 5.69 Å². The molecular weight excluding hydrogens is 158 g/mol. The van der Waals surface area contributed by atoms with Gasteiger partial charge in [-0.1, -0.05) is 19.1 Å². The van der Waals surface area contributed by atoms with E-state index in [9.17, 15) is 0 Å². The summed E-state index contributed by atoms with van der Waals surface area (Å²) in [4.78, 5) is 4.45. The average Bonchev–Trinajstić information content (AvgIpc) is 2.08. The van der Waals surface area contributed by atoms with E-state index >= 15 is 0 Å². The van der Waals surface area contributed by atoms with Gasteiger partial charge in [0.2, 0.25) is 0 Å². The summed E-state index contributed by atoms with van der Waals surface area (Å²) in [5.41, 5.74) is 4.84. The number of hydrogen-bond acceptors (Lipinski definition) is 1. The summed E-state index contributed by atoms with van der Waals surface area (Å²) in [6.07, 6.45) is 1.09. The van der Waals surface area contributed by atoms with Gasteiger partial charge in [-0.3, -0.25) is 4.99 Å². The maximum Gasteiger partial charge on any atom is 0.0658 e. The summed E-state index contributed by atoms with van der Waals surface area (Å²) in [6, 6.07) is 6.46. The number of benzene rings is 1. The Bertz CT molecular complexity index is 320. The molecule has 1 aromatic carbocycles. The Morgan fingerprint density at radius 3 is 2.46 bits per heavy atom. The van der Waals surface area contributed by atoms with Gasteiger partial charge in [-0.05, 0) is 44.4 Å². The minimum absolute atomic E-state index is 1.09. The SMILES string of the molecule is CCc1ccc(N=C(C)C)c(C)c1. The van der Waals surface area contributed by atoms with Crippen LogP contribution in [0.5, 0.6) is 0 Å². The molecule has 13 heavy (non-hydrogen) atoms. The van der Waals surface area contributed by atoms with E-state index in [0.29, 0.717) is 0 Å². The van der Waals surface area contributed by atoms with Crippen LogP contribution >= 0.6 is 0 Å². The van der Waals surface area contributed by atoms with E-state index in [0.717, 1.165) is 17.8 Å². The zero-order chi connectivity index (χ0) is 9.84. The molecule has 0 bridgehead atoms. The van der Waals surface area contributed by atoms with Crippen LogP contribution in [0.1, 0.15) is 31.9 Å². The molecule has 0 aliphatic rings. The van der Waals surface area contributed by atoms with Crippen molar-refractivity contribution in [1.82, 2.24) is 0 Å². The molecule has 0 aliphatic heterocycles. The lowest BCUT2D eigenvalue weighted by molar-refractivity contribution is 1.13. The highest BCUT2D eigenvalue weighted by Crippen LogP contribution is 2.20. The lowest BCUT2D eigenvalue weighted by atomic mass is 10.1. The molecule has 1 nitrogen and oxygen atoms in total. The van der Waals surface area contributed by atoms with Crippen molar-refractivity contribution in [1.29, 1.82) is 0 Å². The van der Waals surface area contributed by atoms with Gasteiger partial charge in [0.25, 0.3) is 0 Å². The Kier molecular flexibility index (Phi) is 3.24. The molecule has 1 rings (SSSR count). The van der Waals surface area contributed by atoms with Gasteiger partial charge in [0.1, 0.15) is 0 Å². The molecular formula is C12H17N. The molecule has 0 N–H and O–H groups in total. The Morgan fingerprint density at radius 1 is 1.31 bits per heavy atom. The summed E-state index contributed by atoms with van der Waals surface area (Å²) in [5.74, 6) is 0. The normalized spacial score (nSPS) is 9.85. The van der Waals surface area contributed by atoms with Crippen molar-refractivity contribution in [2.24, 2.45) is 4.99 Å². The monoisotopic (exact) mass is 175 g/mol. The molecule has 1 aromatic rings. The zero-order valence-corrected chi connectivity index (χ0v) is 8.89. The second-order valence-corrected chi connectivity index (χ2v) is 3.53. The molecule has 0 amide bonds. The molecule has 70 valence electrons. The summed E-state index contributed by atoms with van der Waals surface area (Å²) < 4.78 is 0. The van der Waals surface area contributed by atoms with Gasteiger partial charge >= 0.3 is 0 Å². The molecule has 0 atom stereocenters. The first-order valence-electron chi connectivity index (χ1n) is 4.75. The van der Waals surface area contributed by atoms with E-state index in [1.165, 1.54) is 11.1 Å². The standard InChI is InChI=1S/C12H17N/c1-5-11-6-7-12(10(4)8-11)13-9(2)3/h6-8H,5H2,1-4H3. The van der Waals surface area contributed by atoms with Crippen LogP contribution < -0.4 is 0 Å². The molecule has 0 saturated heterocycles. The lowest BCUT2D eigenvalue weighted by Gasteiger charge is -2.03. The van der Waals surface area contributed by atoms with Gasteiger partial charge in [-0.2, -0.15) is 0 Å². The fourth-order valence-electron chi connectivity index (χ4n) is 1.30. The number of aryl methyl sites for hydroxylation is 2. The van der Waals surface area contributed by atoms with Crippen LogP contribution in [0.2, 0.25) is 0 Å². The van der Waals surface area contributed by atoms with Crippen molar-refractivity contribution in [3.05, 3.63) is 29.3 Å². The number of hydrogen-bond donors (Lipinski definition) is 0. The summed E-state index contributed by atoms with van der Waals surface area (Å²) in [5, 5.41) is 0. The first kappa shape index (κ1) is 9.97. The van der Waals surface area contributed by atoms with Crippen LogP contribution in [0.25, 0.3) is 0 Å². The Labute approximate surface area is 80.5 Å². The van der Waals surface area contributed by atoms with Crippen molar-refractivity contribution < 1.29 is 0 Å². The van der Waals surface area contributed by atoms with Crippen LogP contribution in [-0.2, 0) is 6.42 Å². The molecule has 0 unspecified atom stereocenters. The van der Waals surface area contributed by atoms with Gasteiger partial charge < -0.3 is 0 Å². The van der Waals surface area contributed by atoms with E-state index in [1.807, 2.05) is 13.8 Å². The second kappa shape index (κ2) is 4.22. The lowest BCUT2D eigenvalue weighted by Crippen LogP contribution is -1.84. The van der Waals surface area contributed by atoms with Crippen molar-refractivity contribution in [2.75, 3.05) is 0 Å².